The topological polar surface area (TPSA) is 97.0 Å². The maximum atomic E-state index is 11.9. The fourth-order valence-corrected chi connectivity index (χ4v) is 3.34. The molecule has 0 aliphatic carbocycles. The number of nitrogens with zero attached hydrogens (tertiary/aromatic N) is 6. The predicted octanol–water partition coefficient (Wildman–Crippen LogP) is 2.64. The Morgan fingerprint density at radius 2 is 1.29 bits per heavy atom. The van der Waals surface area contributed by atoms with Crippen molar-refractivity contribution in [3.63, 3.8) is 0 Å². The Labute approximate surface area is 178 Å². The zero-order chi connectivity index (χ0) is 21.2. The van der Waals surface area contributed by atoms with Crippen molar-refractivity contribution in [2.24, 2.45) is 0 Å². The van der Waals surface area contributed by atoms with Crippen molar-refractivity contribution in [2.75, 3.05) is 0 Å². The van der Waals surface area contributed by atoms with Crippen LogP contribution in [0.5, 0.6) is 11.5 Å². The molecule has 2 aromatic carbocycles. The Hall–Kier alpha value is -4.01. The highest BCUT2D eigenvalue weighted by Crippen LogP contribution is 2.25. The Bertz CT molecular complexity index is 1140. The lowest BCUT2D eigenvalue weighted by molar-refractivity contribution is 0.101. The van der Waals surface area contributed by atoms with Crippen molar-refractivity contribution in [1.82, 2.24) is 30.0 Å². The number of aromatic nitrogens is 6. The zero-order valence-corrected chi connectivity index (χ0v) is 16.9. The minimum absolute atomic E-state index is 0.0740. The molecule has 2 aromatic heterocycles. The number of carbonyl (C=O) groups excluding carboxylic acids is 1. The third-order valence-electron chi connectivity index (χ3n) is 4.94. The summed E-state index contributed by atoms with van der Waals surface area (Å²) in [5, 5.41) is 16.7. The third kappa shape index (κ3) is 4.45. The van der Waals surface area contributed by atoms with Crippen molar-refractivity contribution in [3.05, 3.63) is 82.9 Å². The zero-order valence-electron chi connectivity index (χ0n) is 16.9. The summed E-state index contributed by atoms with van der Waals surface area (Å²) in [6, 6.07) is 13.4. The molecule has 4 aromatic rings. The number of hydrogen-bond acceptors (Lipinski definition) is 7. The van der Waals surface area contributed by atoms with E-state index in [9.17, 15) is 4.79 Å². The summed E-state index contributed by atoms with van der Waals surface area (Å²) in [5.74, 6) is 0.971. The van der Waals surface area contributed by atoms with E-state index in [0.29, 0.717) is 41.5 Å². The average molecular weight is 416 g/mol. The number of benzene rings is 2. The van der Waals surface area contributed by atoms with E-state index in [0.717, 1.165) is 11.1 Å². The number of ether oxygens (including phenoxy) is 2. The van der Waals surface area contributed by atoms with E-state index in [-0.39, 0.29) is 19.0 Å². The lowest BCUT2D eigenvalue weighted by Gasteiger charge is -2.10. The van der Waals surface area contributed by atoms with Gasteiger partial charge in [-0.25, -0.2) is 9.36 Å². The summed E-state index contributed by atoms with van der Waals surface area (Å²) < 4.78 is 15.3. The summed E-state index contributed by atoms with van der Waals surface area (Å²) >= 11 is 0. The quantitative estimate of drug-likeness (QED) is 0.440. The predicted molar refractivity (Wildman–Crippen MR) is 110 cm³/mol. The Balaban J connectivity index is 1.48. The van der Waals surface area contributed by atoms with Crippen LogP contribution in [0, 0.1) is 0 Å². The minimum atomic E-state index is -0.0740. The number of carbonyl (C=O) groups is 1. The third-order valence-corrected chi connectivity index (χ3v) is 4.94. The Morgan fingerprint density at radius 1 is 0.806 bits per heavy atom. The molecule has 0 spiro atoms. The highest BCUT2D eigenvalue weighted by Gasteiger charge is 2.11. The van der Waals surface area contributed by atoms with Crippen LogP contribution in [0.15, 0.2) is 54.9 Å². The number of rotatable bonds is 1. The van der Waals surface area contributed by atoms with Crippen molar-refractivity contribution < 1.29 is 14.3 Å². The molecule has 0 amide bonds. The van der Waals surface area contributed by atoms with Crippen molar-refractivity contribution in [1.29, 1.82) is 0 Å². The van der Waals surface area contributed by atoms with Gasteiger partial charge in [0.2, 0.25) is 0 Å². The molecule has 9 heteroatoms. The van der Waals surface area contributed by atoms with Crippen LogP contribution in [0.25, 0.3) is 0 Å². The van der Waals surface area contributed by atoms with Gasteiger partial charge in [0.25, 0.3) is 0 Å². The van der Waals surface area contributed by atoms with Crippen molar-refractivity contribution >= 4 is 5.78 Å². The second-order valence-electron chi connectivity index (χ2n) is 7.46. The molecule has 0 unspecified atom stereocenters. The van der Waals surface area contributed by atoms with Gasteiger partial charge in [0.1, 0.15) is 36.1 Å². The van der Waals surface area contributed by atoms with Gasteiger partial charge in [0.15, 0.2) is 5.78 Å². The fraction of sp³-hybridized carbons (Fsp3) is 0.227. The van der Waals surface area contributed by atoms with Gasteiger partial charge in [-0.1, -0.05) is 34.7 Å². The second kappa shape index (κ2) is 8.02. The summed E-state index contributed by atoms with van der Waals surface area (Å²) in [5.41, 5.74) is 4.13. The lowest BCUT2D eigenvalue weighted by Crippen LogP contribution is -2.03. The van der Waals surface area contributed by atoms with Gasteiger partial charge in [-0.2, -0.15) is 0 Å². The molecule has 4 heterocycles. The van der Waals surface area contributed by atoms with E-state index in [2.05, 4.69) is 44.9 Å². The smallest absolute Gasteiger partial charge is 0.160 e. The molecule has 6 rings (SSSR count). The molecular weight excluding hydrogens is 396 g/mol. The molecular formula is C22H20N6O3. The van der Waals surface area contributed by atoms with E-state index in [1.54, 1.807) is 27.6 Å². The van der Waals surface area contributed by atoms with E-state index in [4.69, 9.17) is 9.47 Å². The summed E-state index contributed by atoms with van der Waals surface area (Å²) in [6.45, 7) is 3.19. The molecule has 156 valence electrons. The van der Waals surface area contributed by atoms with Crippen LogP contribution in [0.1, 0.15) is 39.8 Å². The summed E-state index contributed by atoms with van der Waals surface area (Å²) in [4.78, 5) is 11.9. The van der Waals surface area contributed by atoms with Crippen molar-refractivity contribution in [3.8, 4) is 11.5 Å². The number of Topliss-reactive ketones (excluding diaryl/α,β-unsaturated/α-hetero) is 1. The first-order valence-electron chi connectivity index (χ1n) is 9.88. The van der Waals surface area contributed by atoms with Crippen molar-refractivity contribution in [2.45, 2.75) is 33.2 Å². The van der Waals surface area contributed by atoms with E-state index in [1.807, 2.05) is 12.4 Å². The molecule has 0 N–H and O–H groups in total. The molecule has 31 heavy (non-hydrogen) atoms. The minimum Gasteiger partial charge on any atom is -0.487 e. The highest BCUT2D eigenvalue weighted by atomic mass is 16.5. The molecule has 2 aliphatic rings. The first kappa shape index (κ1) is 19.0. The van der Waals surface area contributed by atoms with Gasteiger partial charge >= 0.3 is 0 Å². The number of hydrogen-bond donors (Lipinski definition) is 0. The molecule has 9 nitrogen and oxygen atoms in total. The largest absolute Gasteiger partial charge is 0.487 e. The van der Waals surface area contributed by atoms with Crippen LogP contribution in [-0.2, 0) is 26.3 Å². The van der Waals surface area contributed by atoms with Crippen LogP contribution in [-0.4, -0.2) is 35.8 Å². The standard InChI is InChI=1S/C22H20N6O3/c1-15(29)18-6-21-8-22(7-18)31-14-20-12-28(26-24-20)10-17-3-2-16(4-5-17)9-27-11-19(13-30-21)23-25-27/h2-8,11-12H,9-10,13-14H2,1H3. The molecule has 0 fully saturated rings. The van der Waals surface area contributed by atoms with E-state index in [1.165, 1.54) is 6.92 Å². The monoisotopic (exact) mass is 416 g/mol. The fourth-order valence-electron chi connectivity index (χ4n) is 3.34. The average Bonchev–Trinajstić information content (AvgIpc) is 3.41. The molecule has 0 atom stereocenters. The summed E-state index contributed by atoms with van der Waals surface area (Å²) in [7, 11) is 0. The van der Waals surface area contributed by atoms with Gasteiger partial charge in [-0.15, -0.1) is 10.2 Å². The molecule has 8 bridgehead atoms. The lowest BCUT2D eigenvalue weighted by atomic mass is 10.1. The van der Waals surface area contributed by atoms with E-state index < -0.39 is 0 Å². The van der Waals surface area contributed by atoms with Crippen LogP contribution in [0.3, 0.4) is 0 Å². The van der Waals surface area contributed by atoms with Gasteiger partial charge < -0.3 is 9.47 Å². The maximum absolute atomic E-state index is 11.9. The van der Waals surface area contributed by atoms with Crippen LogP contribution in [0.4, 0.5) is 0 Å². The van der Waals surface area contributed by atoms with Crippen LogP contribution < -0.4 is 9.47 Å². The maximum Gasteiger partial charge on any atom is 0.160 e. The Morgan fingerprint density at radius 3 is 1.74 bits per heavy atom. The van der Waals surface area contributed by atoms with Gasteiger partial charge in [0, 0.05) is 11.6 Å². The normalized spacial score (nSPS) is 13.5. The van der Waals surface area contributed by atoms with Gasteiger partial charge in [-0.3, -0.25) is 4.79 Å². The molecule has 0 saturated heterocycles. The first-order chi connectivity index (χ1) is 15.1. The number of ketones is 1. The summed E-state index contributed by atoms with van der Waals surface area (Å²) in [6.07, 6.45) is 3.70. The molecule has 0 radical (unpaired) electrons. The van der Waals surface area contributed by atoms with E-state index >= 15 is 0 Å². The second-order valence-corrected chi connectivity index (χ2v) is 7.46. The van der Waals surface area contributed by atoms with Gasteiger partial charge in [-0.05, 0) is 30.2 Å². The van der Waals surface area contributed by atoms with Gasteiger partial charge in [0.05, 0.1) is 25.5 Å². The Kier molecular flexibility index (Phi) is 4.91. The highest BCUT2D eigenvalue weighted by molar-refractivity contribution is 5.94. The number of fused-ring (bicyclic) bond motifs is 4. The SMILES string of the molecule is CC(=O)c1cc2cc(c1)OCc1cn(nn1)Cc1ccc(cc1)Cn1cc(nn1)CO2. The van der Waals surface area contributed by atoms with Crippen LogP contribution in [0.2, 0.25) is 0 Å². The van der Waals surface area contributed by atoms with Crippen LogP contribution >= 0.6 is 0 Å². The first-order valence-corrected chi connectivity index (χ1v) is 9.88. The molecule has 0 saturated carbocycles. The molecule has 2 aliphatic heterocycles.